The molecule has 7 aromatic rings. The maximum Gasteiger partial charge on any atom is 0.137 e. The summed E-state index contributed by atoms with van der Waals surface area (Å²) in [5.74, 6) is 1.49. The number of nitrogens with zero attached hydrogens (tertiary/aromatic N) is 1. The maximum absolute atomic E-state index is 13.6. The second-order valence-corrected chi connectivity index (χ2v) is 9.66. The number of fused-ring (bicyclic) bond motifs is 5. The molecule has 3 nitrogen and oxygen atoms in total. The standard InChI is InChI=1S/C34H21FN2O/c35-22-11-15-25(16-12-22)37-30-9-2-1-7-26(30)29-19-23(14-18-31(29)37)36-24-13-17-27-28-8-3-5-21-6-4-10-32(34(21)28)38-33(27)20-24/h1-20,36H. The third-order valence-electron chi connectivity index (χ3n) is 7.40. The summed E-state index contributed by atoms with van der Waals surface area (Å²) in [6, 6.07) is 40.2. The Morgan fingerprint density at radius 1 is 0.579 bits per heavy atom. The van der Waals surface area contributed by atoms with Crippen molar-refractivity contribution in [2.45, 2.75) is 0 Å². The maximum atomic E-state index is 13.6. The number of halogens is 1. The van der Waals surface area contributed by atoms with Crippen molar-refractivity contribution in [3.05, 3.63) is 127 Å². The van der Waals surface area contributed by atoms with E-state index in [4.69, 9.17) is 4.74 Å². The molecule has 0 amide bonds. The summed E-state index contributed by atoms with van der Waals surface area (Å²) < 4.78 is 22.2. The molecule has 4 heteroatoms. The molecule has 38 heavy (non-hydrogen) atoms. The summed E-state index contributed by atoms with van der Waals surface area (Å²) in [4.78, 5) is 0. The number of nitrogens with one attached hydrogen (secondary N) is 1. The van der Waals surface area contributed by atoms with E-state index in [1.54, 1.807) is 0 Å². The van der Waals surface area contributed by atoms with Crippen LogP contribution >= 0.6 is 0 Å². The molecule has 0 aliphatic carbocycles. The average molecular weight is 493 g/mol. The molecule has 0 saturated heterocycles. The topological polar surface area (TPSA) is 26.2 Å². The van der Waals surface area contributed by atoms with E-state index in [2.05, 4.69) is 88.7 Å². The highest BCUT2D eigenvalue weighted by Gasteiger charge is 2.20. The Morgan fingerprint density at radius 2 is 1.34 bits per heavy atom. The number of aromatic nitrogens is 1. The summed E-state index contributed by atoms with van der Waals surface area (Å²) in [7, 11) is 0. The number of hydrogen-bond donors (Lipinski definition) is 1. The van der Waals surface area contributed by atoms with Crippen LogP contribution in [0.1, 0.15) is 0 Å². The highest BCUT2D eigenvalue weighted by Crippen LogP contribution is 2.47. The van der Waals surface area contributed by atoms with Crippen molar-refractivity contribution < 1.29 is 9.13 Å². The fourth-order valence-corrected chi connectivity index (χ4v) is 5.73. The zero-order valence-electron chi connectivity index (χ0n) is 20.3. The molecule has 1 aromatic heterocycles. The second-order valence-electron chi connectivity index (χ2n) is 9.66. The van der Waals surface area contributed by atoms with Gasteiger partial charge in [0.05, 0.1) is 11.0 Å². The number of rotatable bonds is 3. The lowest BCUT2D eigenvalue weighted by atomic mass is 9.94. The molecule has 6 aromatic carbocycles. The van der Waals surface area contributed by atoms with Gasteiger partial charge in [-0.3, -0.25) is 0 Å². The SMILES string of the molecule is Fc1ccc(-n2c3ccccc3c3cc(Nc4ccc5c(c4)Oc4cccc6cccc-5c46)ccc32)cc1. The van der Waals surface area contributed by atoms with E-state index in [0.717, 1.165) is 61.3 Å². The first kappa shape index (κ1) is 21.0. The van der Waals surface area contributed by atoms with Gasteiger partial charge in [0, 0.05) is 44.9 Å². The summed E-state index contributed by atoms with van der Waals surface area (Å²) >= 11 is 0. The molecule has 0 fully saturated rings. The molecule has 0 bridgehead atoms. The fraction of sp³-hybridized carbons (Fsp3) is 0. The lowest BCUT2D eigenvalue weighted by Gasteiger charge is -2.22. The van der Waals surface area contributed by atoms with Crippen molar-refractivity contribution in [1.29, 1.82) is 0 Å². The van der Waals surface area contributed by atoms with Crippen molar-refractivity contribution in [3.63, 3.8) is 0 Å². The lowest BCUT2D eigenvalue weighted by molar-refractivity contribution is 0.487. The molecule has 1 aliphatic rings. The predicted octanol–water partition coefficient (Wildman–Crippen LogP) is 9.59. The molecule has 2 heterocycles. The first-order chi connectivity index (χ1) is 18.7. The molecule has 0 unspecified atom stereocenters. The quantitative estimate of drug-likeness (QED) is 0.266. The molecular formula is C34H21FN2O. The first-order valence-corrected chi connectivity index (χ1v) is 12.6. The van der Waals surface area contributed by atoms with Crippen LogP contribution in [0.25, 0.3) is 49.4 Å². The first-order valence-electron chi connectivity index (χ1n) is 12.6. The van der Waals surface area contributed by atoms with Crippen LogP contribution in [0.3, 0.4) is 0 Å². The zero-order valence-corrected chi connectivity index (χ0v) is 20.3. The lowest BCUT2D eigenvalue weighted by Crippen LogP contribution is -1.98. The van der Waals surface area contributed by atoms with E-state index in [9.17, 15) is 4.39 Å². The zero-order chi connectivity index (χ0) is 25.2. The van der Waals surface area contributed by atoms with E-state index >= 15 is 0 Å². The number of anilines is 2. The molecular weight excluding hydrogens is 471 g/mol. The Balaban J connectivity index is 1.21. The second kappa shape index (κ2) is 7.95. The molecule has 1 aliphatic heterocycles. The van der Waals surface area contributed by atoms with E-state index in [1.807, 2.05) is 30.3 Å². The number of hydrogen-bond acceptors (Lipinski definition) is 2. The minimum absolute atomic E-state index is 0.241. The van der Waals surface area contributed by atoms with Gasteiger partial charge in [0.15, 0.2) is 0 Å². The highest BCUT2D eigenvalue weighted by atomic mass is 19.1. The minimum Gasteiger partial charge on any atom is -0.456 e. The van der Waals surface area contributed by atoms with Crippen LogP contribution in [0, 0.1) is 5.82 Å². The van der Waals surface area contributed by atoms with E-state index < -0.39 is 0 Å². The van der Waals surface area contributed by atoms with Gasteiger partial charge in [0.1, 0.15) is 17.3 Å². The molecule has 0 saturated carbocycles. The van der Waals surface area contributed by atoms with Crippen LogP contribution < -0.4 is 10.1 Å². The normalized spacial score (nSPS) is 12.0. The van der Waals surface area contributed by atoms with Gasteiger partial charge in [-0.15, -0.1) is 0 Å². The van der Waals surface area contributed by atoms with Crippen molar-refractivity contribution in [2.75, 3.05) is 5.32 Å². The fourth-order valence-electron chi connectivity index (χ4n) is 5.73. The largest absolute Gasteiger partial charge is 0.456 e. The molecule has 1 N–H and O–H groups in total. The van der Waals surface area contributed by atoms with Crippen LogP contribution in [-0.2, 0) is 0 Å². The molecule has 0 radical (unpaired) electrons. The van der Waals surface area contributed by atoms with Crippen LogP contribution in [0.5, 0.6) is 11.5 Å². The van der Waals surface area contributed by atoms with Gasteiger partial charge in [-0.05, 0) is 77.7 Å². The highest BCUT2D eigenvalue weighted by molar-refractivity contribution is 6.10. The van der Waals surface area contributed by atoms with Gasteiger partial charge < -0.3 is 14.6 Å². The molecule has 180 valence electrons. The number of benzene rings is 6. The Morgan fingerprint density at radius 3 is 2.24 bits per heavy atom. The van der Waals surface area contributed by atoms with Crippen molar-refractivity contribution in [2.24, 2.45) is 0 Å². The van der Waals surface area contributed by atoms with Crippen molar-refractivity contribution >= 4 is 44.0 Å². The Hall–Kier alpha value is -5.09. The summed E-state index contributed by atoms with van der Waals surface area (Å²) in [6.45, 7) is 0. The molecule has 8 rings (SSSR count). The number of ether oxygens (including phenoxy) is 1. The molecule has 0 atom stereocenters. The van der Waals surface area contributed by atoms with E-state index in [1.165, 1.54) is 23.1 Å². The van der Waals surface area contributed by atoms with E-state index in [0.29, 0.717) is 0 Å². The Bertz CT molecular complexity index is 2030. The van der Waals surface area contributed by atoms with E-state index in [-0.39, 0.29) is 5.82 Å². The van der Waals surface area contributed by atoms with Crippen LogP contribution in [0.15, 0.2) is 121 Å². The summed E-state index contributed by atoms with van der Waals surface area (Å²) in [5.41, 5.74) is 7.32. The van der Waals surface area contributed by atoms with Crippen molar-refractivity contribution in [3.8, 4) is 28.3 Å². The van der Waals surface area contributed by atoms with Gasteiger partial charge in [-0.2, -0.15) is 0 Å². The van der Waals surface area contributed by atoms with Crippen LogP contribution in [-0.4, -0.2) is 4.57 Å². The van der Waals surface area contributed by atoms with Gasteiger partial charge in [-0.1, -0.05) is 48.5 Å². The van der Waals surface area contributed by atoms with Crippen molar-refractivity contribution in [1.82, 2.24) is 4.57 Å². The smallest absolute Gasteiger partial charge is 0.137 e. The third kappa shape index (κ3) is 3.14. The minimum atomic E-state index is -0.241. The third-order valence-corrected chi connectivity index (χ3v) is 7.40. The van der Waals surface area contributed by atoms with Crippen LogP contribution in [0.4, 0.5) is 15.8 Å². The van der Waals surface area contributed by atoms with Gasteiger partial charge >= 0.3 is 0 Å². The predicted molar refractivity (Wildman–Crippen MR) is 153 cm³/mol. The Kier molecular flexibility index (Phi) is 4.40. The number of para-hydroxylation sites is 1. The summed E-state index contributed by atoms with van der Waals surface area (Å²) in [5, 5.41) is 8.19. The Labute approximate surface area is 218 Å². The van der Waals surface area contributed by atoms with Gasteiger partial charge in [0.2, 0.25) is 0 Å². The monoisotopic (exact) mass is 492 g/mol. The average Bonchev–Trinajstić information content (AvgIpc) is 3.27. The van der Waals surface area contributed by atoms with Crippen LogP contribution in [0.2, 0.25) is 0 Å². The van der Waals surface area contributed by atoms with Gasteiger partial charge in [0.25, 0.3) is 0 Å². The summed E-state index contributed by atoms with van der Waals surface area (Å²) in [6.07, 6.45) is 0. The van der Waals surface area contributed by atoms with Gasteiger partial charge in [-0.25, -0.2) is 4.39 Å². The molecule has 0 spiro atoms.